The second kappa shape index (κ2) is 8.13. The molecule has 0 bridgehead atoms. The number of piperidine rings is 1. The number of hydrogen-bond donors (Lipinski definition) is 2. The highest BCUT2D eigenvalue weighted by Crippen LogP contribution is 2.29. The number of nitrogens with zero attached hydrogens (tertiary/aromatic N) is 1. The molecule has 0 aliphatic carbocycles. The molecule has 0 atom stereocenters. The van der Waals surface area contributed by atoms with Gasteiger partial charge in [-0.2, -0.15) is 0 Å². The van der Waals surface area contributed by atoms with E-state index < -0.39 is 0 Å². The SMILES string of the molecule is CC(C)Oc1cccc(C(=O)Nc2ccc(N3CCCCC3)c(N)c2)c1. The van der Waals surface area contributed by atoms with Gasteiger partial charge in [0.25, 0.3) is 5.91 Å². The summed E-state index contributed by atoms with van der Waals surface area (Å²) in [7, 11) is 0. The number of hydrogen-bond acceptors (Lipinski definition) is 4. The van der Waals surface area contributed by atoms with E-state index in [4.69, 9.17) is 10.5 Å². The molecule has 0 aromatic heterocycles. The average molecular weight is 353 g/mol. The molecule has 0 unspecified atom stereocenters. The lowest BCUT2D eigenvalue weighted by atomic mass is 10.1. The number of nitrogens with two attached hydrogens (primary N) is 1. The molecule has 2 aromatic rings. The fourth-order valence-corrected chi connectivity index (χ4v) is 3.24. The lowest BCUT2D eigenvalue weighted by Crippen LogP contribution is -2.30. The predicted octanol–water partition coefficient (Wildman–Crippen LogP) is 4.30. The second-order valence-corrected chi connectivity index (χ2v) is 6.97. The van der Waals surface area contributed by atoms with Crippen molar-refractivity contribution in [2.75, 3.05) is 29.0 Å². The highest BCUT2D eigenvalue weighted by atomic mass is 16.5. The summed E-state index contributed by atoms with van der Waals surface area (Å²) < 4.78 is 5.65. The molecule has 0 spiro atoms. The lowest BCUT2D eigenvalue weighted by Gasteiger charge is -2.30. The number of carbonyl (C=O) groups is 1. The van der Waals surface area contributed by atoms with Gasteiger partial charge in [0, 0.05) is 24.3 Å². The summed E-state index contributed by atoms with van der Waals surface area (Å²) in [5.74, 6) is 0.511. The van der Waals surface area contributed by atoms with Crippen molar-refractivity contribution in [2.45, 2.75) is 39.2 Å². The van der Waals surface area contributed by atoms with Crippen LogP contribution in [-0.2, 0) is 0 Å². The zero-order valence-electron chi connectivity index (χ0n) is 15.5. The van der Waals surface area contributed by atoms with E-state index in [0.29, 0.717) is 22.7 Å². The molecule has 3 rings (SSSR count). The Balaban J connectivity index is 1.70. The number of nitrogen functional groups attached to an aromatic ring is 1. The minimum absolute atomic E-state index is 0.0652. The van der Waals surface area contributed by atoms with E-state index in [-0.39, 0.29) is 12.0 Å². The number of benzene rings is 2. The van der Waals surface area contributed by atoms with Crippen LogP contribution in [0.3, 0.4) is 0 Å². The number of anilines is 3. The van der Waals surface area contributed by atoms with Crippen LogP contribution in [0.25, 0.3) is 0 Å². The number of nitrogens with one attached hydrogen (secondary N) is 1. The van der Waals surface area contributed by atoms with Crippen molar-refractivity contribution in [2.24, 2.45) is 0 Å². The van der Waals surface area contributed by atoms with E-state index in [1.54, 1.807) is 12.1 Å². The number of rotatable bonds is 5. The first-order valence-electron chi connectivity index (χ1n) is 9.25. The van der Waals surface area contributed by atoms with Gasteiger partial charge in [0.05, 0.1) is 17.5 Å². The van der Waals surface area contributed by atoms with Gasteiger partial charge in [0.2, 0.25) is 0 Å². The predicted molar refractivity (Wildman–Crippen MR) is 107 cm³/mol. The molecule has 1 saturated heterocycles. The molecule has 2 aromatic carbocycles. The van der Waals surface area contributed by atoms with E-state index in [2.05, 4.69) is 10.2 Å². The van der Waals surface area contributed by atoms with Crippen LogP contribution < -0.4 is 20.7 Å². The summed E-state index contributed by atoms with van der Waals surface area (Å²) in [5, 5.41) is 2.92. The zero-order chi connectivity index (χ0) is 18.5. The Morgan fingerprint density at radius 3 is 2.58 bits per heavy atom. The molecule has 5 heteroatoms. The highest BCUT2D eigenvalue weighted by molar-refractivity contribution is 6.04. The first kappa shape index (κ1) is 18.1. The first-order valence-corrected chi connectivity index (χ1v) is 9.25. The maximum atomic E-state index is 12.5. The summed E-state index contributed by atoms with van der Waals surface area (Å²) >= 11 is 0. The molecule has 3 N–H and O–H groups in total. The van der Waals surface area contributed by atoms with Crippen molar-refractivity contribution < 1.29 is 9.53 Å². The van der Waals surface area contributed by atoms with Crippen molar-refractivity contribution in [1.29, 1.82) is 0 Å². The Morgan fingerprint density at radius 2 is 1.88 bits per heavy atom. The van der Waals surface area contributed by atoms with Gasteiger partial charge in [0.15, 0.2) is 0 Å². The molecule has 1 aliphatic rings. The Hall–Kier alpha value is -2.69. The summed E-state index contributed by atoms with van der Waals surface area (Å²) in [6, 6.07) is 12.9. The van der Waals surface area contributed by atoms with E-state index in [1.165, 1.54) is 19.3 Å². The van der Waals surface area contributed by atoms with Crippen LogP contribution >= 0.6 is 0 Å². The zero-order valence-corrected chi connectivity index (χ0v) is 15.5. The number of amides is 1. The van der Waals surface area contributed by atoms with Crippen LogP contribution in [0.2, 0.25) is 0 Å². The fraction of sp³-hybridized carbons (Fsp3) is 0.381. The summed E-state index contributed by atoms with van der Waals surface area (Å²) in [6.45, 7) is 6.00. The Kier molecular flexibility index (Phi) is 5.66. The largest absolute Gasteiger partial charge is 0.491 e. The normalized spacial score (nSPS) is 14.3. The van der Waals surface area contributed by atoms with Crippen LogP contribution in [0, 0.1) is 0 Å². The molecule has 138 valence electrons. The minimum Gasteiger partial charge on any atom is -0.491 e. The molecular formula is C21H27N3O2. The van der Waals surface area contributed by atoms with Crippen molar-refractivity contribution in [3.8, 4) is 5.75 Å². The number of ether oxygens (including phenoxy) is 1. The topological polar surface area (TPSA) is 67.6 Å². The van der Waals surface area contributed by atoms with Gasteiger partial charge < -0.3 is 20.7 Å². The quantitative estimate of drug-likeness (QED) is 0.787. The Labute approximate surface area is 155 Å². The van der Waals surface area contributed by atoms with Crippen LogP contribution in [0.1, 0.15) is 43.5 Å². The summed E-state index contributed by atoms with van der Waals surface area (Å²) in [6.07, 6.45) is 3.75. The smallest absolute Gasteiger partial charge is 0.255 e. The van der Waals surface area contributed by atoms with Crippen LogP contribution in [-0.4, -0.2) is 25.1 Å². The fourth-order valence-electron chi connectivity index (χ4n) is 3.24. The third-order valence-electron chi connectivity index (χ3n) is 4.45. The molecule has 0 radical (unpaired) electrons. The average Bonchev–Trinajstić information content (AvgIpc) is 2.62. The van der Waals surface area contributed by atoms with Crippen LogP contribution in [0.5, 0.6) is 5.75 Å². The van der Waals surface area contributed by atoms with E-state index >= 15 is 0 Å². The molecule has 26 heavy (non-hydrogen) atoms. The van der Waals surface area contributed by atoms with E-state index in [9.17, 15) is 4.79 Å². The second-order valence-electron chi connectivity index (χ2n) is 6.97. The number of carbonyl (C=O) groups excluding carboxylic acids is 1. The summed E-state index contributed by atoms with van der Waals surface area (Å²) in [5.41, 5.74) is 9.23. The van der Waals surface area contributed by atoms with Gasteiger partial charge in [-0.05, 0) is 69.5 Å². The molecule has 1 heterocycles. The summed E-state index contributed by atoms with van der Waals surface area (Å²) in [4.78, 5) is 14.8. The maximum absolute atomic E-state index is 12.5. The van der Waals surface area contributed by atoms with Crippen LogP contribution in [0.4, 0.5) is 17.1 Å². The maximum Gasteiger partial charge on any atom is 0.255 e. The van der Waals surface area contributed by atoms with Gasteiger partial charge >= 0.3 is 0 Å². The van der Waals surface area contributed by atoms with Crippen molar-refractivity contribution in [3.63, 3.8) is 0 Å². The molecule has 5 nitrogen and oxygen atoms in total. The van der Waals surface area contributed by atoms with Gasteiger partial charge in [0.1, 0.15) is 5.75 Å². The van der Waals surface area contributed by atoms with Crippen molar-refractivity contribution >= 4 is 23.0 Å². The van der Waals surface area contributed by atoms with Gasteiger partial charge in [-0.15, -0.1) is 0 Å². The van der Waals surface area contributed by atoms with Gasteiger partial charge in [-0.25, -0.2) is 0 Å². The molecule has 1 aliphatic heterocycles. The molecule has 1 amide bonds. The van der Waals surface area contributed by atoms with Crippen molar-refractivity contribution in [3.05, 3.63) is 48.0 Å². The highest BCUT2D eigenvalue weighted by Gasteiger charge is 2.14. The Morgan fingerprint density at radius 1 is 1.12 bits per heavy atom. The first-order chi connectivity index (χ1) is 12.5. The third kappa shape index (κ3) is 4.48. The molecule has 1 fully saturated rings. The van der Waals surface area contributed by atoms with E-state index in [1.807, 2.05) is 44.2 Å². The standard InChI is InChI=1S/C21H27N3O2/c1-15(2)26-18-8-6-7-16(13-18)21(25)23-17-9-10-20(19(22)14-17)24-11-4-3-5-12-24/h6-10,13-15H,3-5,11-12,22H2,1-2H3,(H,23,25). The van der Waals surface area contributed by atoms with E-state index in [0.717, 1.165) is 18.8 Å². The third-order valence-corrected chi connectivity index (χ3v) is 4.45. The van der Waals surface area contributed by atoms with Crippen molar-refractivity contribution in [1.82, 2.24) is 0 Å². The monoisotopic (exact) mass is 353 g/mol. The molecule has 0 saturated carbocycles. The molecular weight excluding hydrogens is 326 g/mol. The Bertz CT molecular complexity index is 768. The van der Waals surface area contributed by atoms with Gasteiger partial charge in [-0.1, -0.05) is 6.07 Å². The lowest BCUT2D eigenvalue weighted by molar-refractivity contribution is 0.102. The minimum atomic E-state index is -0.177. The van der Waals surface area contributed by atoms with Gasteiger partial charge in [-0.3, -0.25) is 4.79 Å². The van der Waals surface area contributed by atoms with Crippen LogP contribution in [0.15, 0.2) is 42.5 Å².